The van der Waals surface area contributed by atoms with Gasteiger partial charge in [0.1, 0.15) is 11.6 Å². The molecule has 0 amide bonds. The van der Waals surface area contributed by atoms with Gasteiger partial charge in [-0.2, -0.15) is 4.98 Å². The van der Waals surface area contributed by atoms with Crippen molar-refractivity contribution in [3.8, 4) is 17.1 Å². The van der Waals surface area contributed by atoms with E-state index in [9.17, 15) is 9.50 Å². The average Bonchev–Trinajstić information content (AvgIpc) is 2.90. The van der Waals surface area contributed by atoms with Crippen molar-refractivity contribution in [1.29, 1.82) is 0 Å². The summed E-state index contributed by atoms with van der Waals surface area (Å²) in [6.45, 7) is 0. The zero-order valence-corrected chi connectivity index (χ0v) is 10.5. The van der Waals surface area contributed by atoms with E-state index in [0.717, 1.165) is 0 Å². The van der Waals surface area contributed by atoms with E-state index in [1.54, 1.807) is 36.4 Å². The molecule has 1 heterocycles. The summed E-state index contributed by atoms with van der Waals surface area (Å²) in [5.41, 5.74) is 1.15. The number of phenols is 1. The normalized spacial score (nSPS) is 10.7. The van der Waals surface area contributed by atoms with Gasteiger partial charge in [0.05, 0.1) is 6.42 Å². The smallest absolute Gasteiger partial charge is 0.231 e. The number of aromatic hydroxyl groups is 1. The van der Waals surface area contributed by atoms with Crippen molar-refractivity contribution < 1.29 is 14.0 Å². The van der Waals surface area contributed by atoms with E-state index in [1.165, 1.54) is 12.1 Å². The van der Waals surface area contributed by atoms with Crippen LogP contribution in [0.4, 0.5) is 4.39 Å². The van der Waals surface area contributed by atoms with Crippen molar-refractivity contribution in [1.82, 2.24) is 10.1 Å². The van der Waals surface area contributed by atoms with Crippen LogP contribution in [0, 0.1) is 5.82 Å². The third-order valence-corrected chi connectivity index (χ3v) is 2.87. The number of nitrogens with zero attached hydrogens (tertiary/aromatic N) is 2. The standard InChI is InChI=1S/C15H11FN2O2/c16-13-7-2-1-4-10(13)9-14-17-15(18-20-14)11-5-3-6-12(19)8-11/h1-8,19H,9H2. The lowest BCUT2D eigenvalue weighted by Gasteiger charge is -1.97. The van der Waals surface area contributed by atoms with E-state index in [1.807, 2.05) is 0 Å². The quantitative estimate of drug-likeness (QED) is 0.794. The van der Waals surface area contributed by atoms with E-state index in [0.29, 0.717) is 22.8 Å². The van der Waals surface area contributed by atoms with Gasteiger partial charge in [-0.1, -0.05) is 35.5 Å². The van der Waals surface area contributed by atoms with E-state index >= 15 is 0 Å². The first kappa shape index (κ1) is 12.3. The van der Waals surface area contributed by atoms with Gasteiger partial charge >= 0.3 is 0 Å². The lowest BCUT2D eigenvalue weighted by atomic mass is 10.1. The molecule has 0 fully saturated rings. The Morgan fingerprint density at radius 3 is 2.75 bits per heavy atom. The minimum atomic E-state index is -0.301. The zero-order valence-electron chi connectivity index (χ0n) is 10.5. The minimum absolute atomic E-state index is 0.128. The average molecular weight is 270 g/mol. The maximum atomic E-state index is 13.5. The molecule has 3 rings (SSSR count). The van der Waals surface area contributed by atoms with Gasteiger partial charge in [-0.3, -0.25) is 0 Å². The second kappa shape index (κ2) is 5.13. The van der Waals surface area contributed by atoms with Gasteiger partial charge in [-0.05, 0) is 23.8 Å². The number of aromatic nitrogens is 2. The highest BCUT2D eigenvalue weighted by atomic mass is 19.1. The summed E-state index contributed by atoms with van der Waals surface area (Å²) in [5.74, 6) is 0.522. The molecular formula is C15H11FN2O2. The molecule has 0 saturated heterocycles. The topological polar surface area (TPSA) is 59.2 Å². The number of benzene rings is 2. The SMILES string of the molecule is Oc1cccc(-c2noc(Cc3ccccc3F)n2)c1. The Labute approximate surface area is 114 Å². The highest BCUT2D eigenvalue weighted by Crippen LogP contribution is 2.21. The van der Waals surface area contributed by atoms with Crippen LogP contribution in [0.3, 0.4) is 0 Å². The summed E-state index contributed by atoms with van der Waals surface area (Å²) in [4.78, 5) is 4.20. The zero-order chi connectivity index (χ0) is 13.9. The number of hydrogen-bond donors (Lipinski definition) is 1. The molecule has 3 aromatic rings. The summed E-state index contributed by atoms with van der Waals surface area (Å²) >= 11 is 0. The first-order valence-electron chi connectivity index (χ1n) is 6.08. The van der Waals surface area contributed by atoms with Crippen LogP contribution in [0.15, 0.2) is 53.1 Å². The second-order valence-corrected chi connectivity index (χ2v) is 4.33. The molecule has 0 aliphatic rings. The molecule has 0 aliphatic heterocycles. The van der Waals surface area contributed by atoms with Gasteiger partial charge in [-0.25, -0.2) is 4.39 Å². The van der Waals surface area contributed by atoms with Gasteiger partial charge < -0.3 is 9.63 Å². The Morgan fingerprint density at radius 1 is 1.10 bits per heavy atom. The molecule has 0 spiro atoms. The van der Waals surface area contributed by atoms with E-state index in [2.05, 4.69) is 10.1 Å². The molecule has 0 aliphatic carbocycles. The van der Waals surface area contributed by atoms with Crippen LogP contribution >= 0.6 is 0 Å². The third-order valence-electron chi connectivity index (χ3n) is 2.87. The molecule has 0 atom stereocenters. The van der Waals surface area contributed by atoms with Crippen LogP contribution in [0.1, 0.15) is 11.5 Å². The van der Waals surface area contributed by atoms with Crippen molar-refractivity contribution in [3.63, 3.8) is 0 Å². The number of halogens is 1. The number of rotatable bonds is 3. The minimum Gasteiger partial charge on any atom is -0.508 e. The molecule has 1 N–H and O–H groups in total. The maximum Gasteiger partial charge on any atom is 0.231 e. The van der Waals surface area contributed by atoms with Crippen LogP contribution in [-0.2, 0) is 6.42 Å². The molecule has 0 radical (unpaired) electrons. The monoisotopic (exact) mass is 270 g/mol. The Balaban J connectivity index is 1.86. The maximum absolute atomic E-state index is 13.5. The molecule has 20 heavy (non-hydrogen) atoms. The second-order valence-electron chi connectivity index (χ2n) is 4.33. The van der Waals surface area contributed by atoms with E-state index in [4.69, 9.17) is 4.52 Å². The molecule has 4 nitrogen and oxygen atoms in total. The molecule has 2 aromatic carbocycles. The van der Waals surface area contributed by atoms with Gasteiger partial charge in [0, 0.05) is 5.56 Å². The highest BCUT2D eigenvalue weighted by molar-refractivity contribution is 5.56. The van der Waals surface area contributed by atoms with Crippen LogP contribution in [0.5, 0.6) is 5.75 Å². The van der Waals surface area contributed by atoms with E-state index < -0.39 is 0 Å². The van der Waals surface area contributed by atoms with Gasteiger partial charge in [-0.15, -0.1) is 0 Å². The summed E-state index contributed by atoms with van der Waals surface area (Å²) in [6.07, 6.45) is 0.235. The molecule has 0 bridgehead atoms. The number of phenolic OH excluding ortho intramolecular Hbond substituents is 1. The Morgan fingerprint density at radius 2 is 1.95 bits per heavy atom. The van der Waals surface area contributed by atoms with Crippen molar-refractivity contribution in [2.75, 3.05) is 0 Å². The summed E-state index contributed by atoms with van der Waals surface area (Å²) in [7, 11) is 0. The van der Waals surface area contributed by atoms with Crippen molar-refractivity contribution >= 4 is 0 Å². The molecule has 5 heteroatoms. The van der Waals surface area contributed by atoms with Crippen molar-refractivity contribution in [2.45, 2.75) is 6.42 Å². The lowest BCUT2D eigenvalue weighted by Crippen LogP contribution is -1.92. The summed E-state index contributed by atoms with van der Waals surface area (Å²) in [6, 6.07) is 13.0. The fourth-order valence-electron chi connectivity index (χ4n) is 1.89. The number of hydrogen-bond acceptors (Lipinski definition) is 4. The van der Waals surface area contributed by atoms with Gasteiger partial charge in [0.25, 0.3) is 0 Å². The van der Waals surface area contributed by atoms with Crippen LogP contribution in [-0.4, -0.2) is 15.2 Å². The molecule has 100 valence electrons. The fourth-order valence-corrected chi connectivity index (χ4v) is 1.89. The largest absolute Gasteiger partial charge is 0.508 e. The van der Waals surface area contributed by atoms with Crippen LogP contribution in [0.2, 0.25) is 0 Å². The van der Waals surface area contributed by atoms with Crippen molar-refractivity contribution in [3.05, 3.63) is 65.8 Å². The van der Waals surface area contributed by atoms with Crippen LogP contribution < -0.4 is 0 Å². The van der Waals surface area contributed by atoms with E-state index in [-0.39, 0.29) is 18.0 Å². The van der Waals surface area contributed by atoms with Gasteiger partial charge in [0.15, 0.2) is 0 Å². The third kappa shape index (κ3) is 2.51. The highest BCUT2D eigenvalue weighted by Gasteiger charge is 2.11. The summed E-state index contributed by atoms with van der Waals surface area (Å²) in [5, 5.41) is 13.3. The Kier molecular flexibility index (Phi) is 3.16. The lowest BCUT2D eigenvalue weighted by molar-refractivity contribution is 0.384. The fraction of sp³-hybridized carbons (Fsp3) is 0.0667. The van der Waals surface area contributed by atoms with Gasteiger partial charge in [0.2, 0.25) is 11.7 Å². The summed E-state index contributed by atoms with van der Waals surface area (Å²) < 4.78 is 18.6. The Bertz CT molecular complexity index is 740. The Hall–Kier alpha value is -2.69. The first-order valence-corrected chi connectivity index (χ1v) is 6.08. The molecular weight excluding hydrogens is 259 g/mol. The first-order chi connectivity index (χ1) is 9.72. The predicted molar refractivity (Wildman–Crippen MR) is 70.6 cm³/mol. The molecule has 0 unspecified atom stereocenters. The van der Waals surface area contributed by atoms with Crippen molar-refractivity contribution in [2.24, 2.45) is 0 Å². The predicted octanol–water partition coefficient (Wildman–Crippen LogP) is 3.17. The molecule has 0 saturated carbocycles. The van der Waals surface area contributed by atoms with Crippen LogP contribution in [0.25, 0.3) is 11.4 Å². The molecule has 1 aromatic heterocycles.